The Morgan fingerprint density at radius 2 is 1.71 bits per heavy atom. The molecule has 21 heavy (non-hydrogen) atoms. The number of phenols is 3. The summed E-state index contributed by atoms with van der Waals surface area (Å²) in [6.45, 7) is 3.96. The van der Waals surface area contributed by atoms with Crippen LogP contribution < -0.4 is 5.32 Å². The maximum atomic E-state index is 10.1. The lowest BCUT2D eigenvalue weighted by molar-refractivity contribution is 0.362. The number of benzene rings is 2. The number of halogens is 1. The normalized spacial score (nSPS) is 12.0. The highest BCUT2D eigenvalue weighted by atomic mass is 35.5. The summed E-state index contributed by atoms with van der Waals surface area (Å²) >= 11 is 5.78. The first-order chi connectivity index (χ1) is 10.0. The van der Waals surface area contributed by atoms with Gasteiger partial charge in [-0.25, -0.2) is 0 Å². The molecule has 4 N–H and O–H groups in total. The van der Waals surface area contributed by atoms with Crippen molar-refractivity contribution in [3.05, 3.63) is 65.2 Å². The molecule has 4 nitrogen and oxygen atoms in total. The summed E-state index contributed by atoms with van der Waals surface area (Å²) < 4.78 is 0. The topological polar surface area (TPSA) is 72.7 Å². The van der Waals surface area contributed by atoms with Crippen LogP contribution in [-0.4, -0.2) is 21.9 Å². The van der Waals surface area contributed by atoms with Crippen LogP contribution in [0.5, 0.6) is 17.2 Å². The Kier molecular flexibility index (Phi) is 4.73. The van der Waals surface area contributed by atoms with Crippen molar-refractivity contribution < 1.29 is 15.3 Å². The van der Waals surface area contributed by atoms with E-state index in [4.69, 9.17) is 11.6 Å². The Labute approximate surface area is 127 Å². The number of phenolic OH excluding ortho intramolecular Hbond substituents is 3. The van der Waals surface area contributed by atoms with E-state index in [9.17, 15) is 15.3 Å². The molecule has 2 aromatic rings. The molecule has 110 valence electrons. The lowest BCUT2D eigenvalue weighted by Crippen LogP contribution is -2.23. The number of hydrogen-bond donors (Lipinski definition) is 4. The van der Waals surface area contributed by atoms with Crippen LogP contribution in [0.4, 0.5) is 0 Å². The Morgan fingerprint density at radius 1 is 1.05 bits per heavy atom. The molecule has 0 aliphatic rings. The van der Waals surface area contributed by atoms with E-state index in [1.54, 1.807) is 6.07 Å². The molecule has 2 rings (SSSR count). The fourth-order valence-corrected chi connectivity index (χ4v) is 2.16. The molecule has 0 saturated heterocycles. The van der Waals surface area contributed by atoms with Gasteiger partial charge in [0.25, 0.3) is 0 Å². The molecule has 0 aromatic heterocycles. The zero-order valence-electron chi connectivity index (χ0n) is 11.3. The van der Waals surface area contributed by atoms with Crippen LogP contribution in [0.15, 0.2) is 54.1 Å². The summed E-state index contributed by atoms with van der Waals surface area (Å²) in [5.41, 5.74) is 1.32. The number of aromatic hydroxyl groups is 3. The molecule has 0 saturated carbocycles. The highest BCUT2D eigenvalue weighted by Crippen LogP contribution is 2.41. The number of rotatable bonds is 5. The predicted octanol–water partition coefficient (Wildman–Crippen LogP) is 3.23. The van der Waals surface area contributed by atoms with Crippen LogP contribution >= 0.6 is 11.6 Å². The lowest BCUT2D eigenvalue weighted by atomic mass is 9.97. The fourth-order valence-electron chi connectivity index (χ4n) is 2.08. The highest BCUT2D eigenvalue weighted by molar-refractivity contribution is 6.29. The molecule has 5 heteroatoms. The minimum atomic E-state index is -0.542. The molecule has 0 spiro atoms. The smallest absolute Gasteiger partial charge is 0.200 e. The maximum Gasteiger partial charge on any atom is 0.200 e. The fraction of sp³-hybridized carbons (Fsp3) is 0.125. The molecule has 0 radical (unpaired) electrons. The van der Waals surface area contributed by atoms with Crippen molar-refractivity contribution in [1.82, 2.24) is 5.32 Å². The first-order valence-corrected chi connectivity index (χ1v) is 6.74. The Morgan fingerprint density at radius 3 is 2.33 bits per heavy atom. The van der Waals surface area contributed by atoms with Crippen molar-refractivity contribution in [2.24, 2.45) is 0 Å². The van der Waals surface area contributed by atoms with E-state index < -0.39 is 11.8 Å². The van der Waals surface area contributed by atoms with Gasteiger partial charge in [-0.05, 0) is 17.7 Å². The third-order valence-corrected chi connectivity index (χ3v) is 3.24. The van der Waals surface area contributed by atoms with Gasteiger partial charge in [-0.15, -0.1) is 0 Å². The average molecular weight is 306 g/mol. The van der Waals surface area contributed by atoms with E-state index in [-0.39, 0.29) is 11.5 Å². The van der Waals surface area contributed by atoms with Crippen LogP contribution in [0.2, 0.25) is 0 Å². The molecule has 0 aliphatic heterocycles. The predicted molar refractivity (Wildman–Crippen MR) is 82.7 cm³/mol. The van der Waals surface area contributed by atoms with Crippen LogP contribution in [0.25, 0.3) is 0 Å². The van der Waals surface area contributed by atoms with E-state index in [0.717, 1.165) is 5.56 Å². The van der Waals surface area contributed by atoms with E-state index in [2.05, 4.69) is 11.9 Å². The summed E-state index contributed by atoms with van der Waals surface area (Å²) in [6, 6.07) is 11.9. The van der Waals surface area contributed by atoms with Gasteiger partial charge in [0, 0.05) is 17.1 Å². The molecular formula is C16H16ClNO3. The van der Waals surface area contributed by atoms with Crippen LogP contribution in [-0.2, 0) is 0 Å². The second-order valence-corrected chi connectivity index (χ2v) is 5.15. The SMILES string of the molecule is C=C(Cl)CNC(c1ccccc1)c1ccc(O)c(O)c1O. The summed E-state index contributed by atoms with van der Waals surface area (Å²) in [7, 11) is 0. The summed E-state index contributed by atoms with van der Waals surface area (Å²) in [5.74, 6) is -1.28. The van der Waals surface area contributed by atoms with Gasteiger partial charge in [-0.1, -0.05) is 48.5 Å². The van der Waals surface area contributed by atoms with Crippen molar-refractivity contribution in [2.45, 2.75) is 6.04 Å². The molecule has 2 aromatic carbocycles. The Bertz CT molecular complexity index is 643. The third kappa shape index (κ3) is 3.48. The lowest BCUT2D eigenvalue weighted by Gasteiger charge is -2.21. The minimum absolute atomic E-state index is 0.336. The van der Waals surface area contributed by atoms with E-state index in [0.29, 0.717) is 17.1 Å². The van der Waals surface area contributed by atoms with E-state index in [1.165, 1.54) is 6.07 Å². The highest BCUT2D eigenvalue weighted by Gasteiger charge is 2.20. The van der Waals surface area contributed by atoms with Gasteiger partial charge >= 0.3 is 0 Å². The van der Waals surface area contributed by atoms with Gasteiger partial charge < -0.3 is 20.6 Å². The van der Waals surface area contributed by atoms with Crippen LogP contribution in [0, 0.1) is 0 Å². The zero-order chi connectivity index (χ0) is 15.4. The molecule has 0 bridgehead atoms. The molecule has 1 unspecified atom stereocenters. The van der Waals surface area contributed by atoms with Crippen molar-refractivity contribution in [1.29, 1.82) is 0 Å². The van der Waals surface area contributed by atoms with Crippen molar-refractivity contribution in [3.8, 4) is 17.2 Å². The Hall–Kier alpha value is -2.17. The molecule has 0 heterocycles. The Balaban J connectivity index is 2.45. The van der Waals surface area contributed by atoms with Crippen molar-refractivity contribution in [3.63, 3.8) is 0 Å². The van der Waals surface area contributed by atoms with Gasteiger partial charge in [-0.3, -0.25) is 0 Å². The molecule has 0 amide bonds. The van der Waals surface area contributed by atoms with Crippen molar-refractivity contribution in [2.75, 3.05) is 6.54 Å². The summed E-state index contributed by atoms with van der Waals surface area (Å²) in [5, 5.41) is 32.8. The molecule has 0 fully saturated rings. The first kappa shape index (κ1) is 15.2. The standard InChI is InChI=1S/C16H16ClNO3/c1-10(17)9-18-14(11-5-3-2-4-6-11)12-7-8-13(19)16(21)15(12)20/h2-8,14,18-21H,1,9H2. The second kappa shape index (κ2) is 6.52. The first-order valence-electron chi connectivity index (χ1n) is 6.36. The second-order valence-electron chi connectivity index (χ2n) is 4.61. The van der Waals surface area contributed by atoms with Crippen LogP contribution in [0.1, 0.15) is 17.2 Å². The summed E-state index contributed by atoms with van der Waals surface area (Å²) in [4.78, 5) is 0. The zero-order valence-corrected chi connectivity index (χ0v) is 12.0. The average Bonchev–Trinajstić information content (AvgIpc) is 2.48. The number of nitrogens with one attached hydrogen (secondary N) is 1. The van der Waals surface area contributed by atoms with Crippen LogP contribution in [0.3, 0.4) is 0 Å². The third-order valence-electron chi connectivity index (χ3n) is 3.10. The summed E-state index contributed by atoms with van der Waals surface area (Å²) in [6.07, 6.45) is 0. The quantitative estimate of drug-likeness (QED) is 0.640. The largest absolute Gasteiger partial charge is 0.504 e. The minimum Gasteiger partial charge on any atom is -0.504 e. The van der Waals surface area contributed by atoms with E-state index >= 15 is 0 Å². The van der Waals surface area contributed by atoms with Gasteiger partial charge in [0.05, 0.1) is 6.04 Å². The molecule has 1 atom stereocenters. The van der Waals surface area contributed by atoms with Gasteiger partial charge in [-0.2, -0.15) is 0 Å². The van der Waals surface area contributed by atoms with Gasteiger partial charge in [0.2, 0.25) is 5.75 Å². The monoisotopic (exact) mass is 305 g/mol. The molecule has 0 aliphatic carbocycles. The van der Waals surface area contributed by atoms with Gasteiger partial charge in [0.1, 0.15) is 0 Å². The van der Waals surface area contributed by atoms with Gasteiger partial charge in [0.15, 0.2) is 11.5 Å². The van der Waals surface area contributed by atoms with Crippen molar-refractivity contribution >= 4 is 11.6 Å². The number of hydrogen-bond acceptors (Lipinski definition) is 4. The molecular weight excluding hydrogens is 290 g/mol. The van der Waals surface area contributed by atoms with E-state index in [1.807, 2.05) is 30.3 Å². The maximum absolute atomic E-state index is 10.1.